The largest absolute Gasteiger partial charge is 0.423 e. The zero-order chi connectivity index (χ0) is 17.9. The molecule has 0 aliphatic carbocycles. The zero-order valence-corrected chi connectivity index (χ0v) is 13.7. The molecule has 0 aromatic heterocycles. The van der Waals surface area contributed by atoms with Crippen molar-refractivity contribution in [3.63, 3.8) is 0 Å². The van der Waals surface area contributed by atoms with E-state index in [1.165, 1.54) is 0 Å². The van der Waals surface area contributed by atoms with Crippen molar-refractivity contribution in [2.45, 2.75) is 0 Å². The monoisotopic (exact) mass is 342 g/mol. The molecule has 0 N–H and O–H groups in total. The third-order valence-electron chi connectivity index (χ3n) is 4.07. The van der Waals surface area contributed by atoms with E-state index in [2.05, 4.69) is 0 Å². The Morgan fingerprint density at radius 1 is 0.500 bits per heavy atom. The predicted molar refractivity (Wildman–Crippen MR) is 99.2 cm³/mol. The minimum atomic E-state index is -1.06. The molecule has 4 heteroatoms. The van der Waals surface area contributed by atoms with Crippen LogP contribution < -0.4 is 9.47 Å². The van der Waals surface area contributed by atoms with Crippen molar-refractivity contribution in [1.29, 1.82) is 0 Å². The van der Waals surface area contributed by atoms with Crippen molar-refractivity contribution >= 4 is 33.5 Å². The Morgan fingerprint density at radius 2 is 0.885 bits per heavy atom. The Balaban J connectivity index is 1.57. The number of benzene rings is 4. The predicted octanol–water partition coefficient (Wildman–Crippen LogP) is 4.50. The highest BCUT2D eigenvalue weighted by molar-refractivity contribution is 6.31. The Bertz CT molecular complexity index is 1030. The Morgan fingerprint density at radius 3 is 1.35 bits per heavy atom. The van der Waals surface area contributed by atoms with Gasteiger partial charge in [-0.25, -0.2) is 9.59 Å². The fraction of sp³-hybridized carbons (Fsp3) is 0. The van der Waals surface area contributed by atoms with Crippen LogP contribution in [0, 0.1) is 0 Å². The number of ether oxygens (including phenoxy) is 2. The number of carbonyl (C=O) groups excluding carboxylic acids is 2. The highest BCUT2D eigenvalue weighted by Gasteiger charge is 2.21. The first-order chi connectivity index (χ1) is 12.7. The van der Waals surface area contributed by atoms with Gasteiger partial charge >= 0.3 is 11.9 Å². The molecule has 126 valence electrons. The van der Waals surface area contributed by atoms with Crippen LogP contribution in [0.2, 0.25) is 0 Å². The van der Waals surface area contributed by atoms with Gasteiger partial charge in [0.2, 0.25) is 0 Å². The van der Waals surface area contributed by atoms with Gasteiger partial charge in [0.05, 0.1) is 0 Å². The molecule has 0 amide bonds. The van der Waals surface area contributed by atoms with Crippen LogP contribution in [0.3, 0.4) is 0 Å². The lowest BCUT2D eigenvalue weighted by atomic mass is 10.1. The first kappa shape index (κ1) is 15.8. The van der Waals surface area contributed by atoms with Gasteiger partial charge in [0, 0.05) is 10.8 Å². The Labute approximate surface area is 149 Å². The maximum atomic E-state index is 12.2. The van der Waals surface area contributed by atoms with Crippen LogP contribution in [-0.4, -0.2) is 11.9 Å². The molecular weight excluding hydrogens is 328 g/mol. The molecule has 4 nitrogen and oxygen atoms in total. The smallest absolute Gasteiger partial charge is 0.417 e. The number of hydrogen-bond acceptors (Lipinski definition) is 4. The van der Waals surface area contributed by atoms with E-state index in [4.69, 9.17) is 9.47 Å². The van der Waals surface area contributed by atoms with Gasteiger partial charge in [-0.05, 0) is 22.9 Å². The summed E-state index contributed by atoms with van der Waals surface area (Å²) in [5.41, 5.74) is 0. The van der Waals surface area contributed by atoms with E-state index in [-0.39, 0.29) is 0 Å². The van der Waals surface area contributed by atoms with Gasteiger partial charge in [-0.3, -0.25) is 0 Å². The molecular formula is C22H14O4. The van der Waals surface area contributed by atoms with Crippen molar-refractivity contribution in [2.24, 2.45) is 0 Å². The summed E-state index contributed by atoms with van der Waals surface area (Å²) in [5.74, 6) is -1.48. The maximum absolute atomic E-state index is 12.2. The van der Waals surface area contributed by atoms with E-state index >= 15 is 0 Å². The zero-order valence-electron chi connectivity index (χ0n) is 13.7. The number of esters is 2. The van der Waals surface area contributed by atoms with Crippen molar-refractivity contribution in [3.8, 4) is 11.5 Å². The molecule has 4 rings (SSSR count). The normalized spacial score (nSPS) is 10.6. The highest BCUT2D eigenvalue weighted by Crippen LogP contribution is 2.27. The molecule has 0 bridgehead atoms. The fourth-order valence-corrected chi connectivity index (χ4v) is 2.85. The number of rotatable bonds is 2. The van der Waals surface area contributed by atoms with Crippen molar-refractivity contribution in [2.75, 3.05) is 0 Å². The van der Waals surface area contributed by atoms with Crippen LogP contribution in [0.1, 0.15) is 0 Å². The van der Waals surface area contributed by atoms with Crippen molar-refractivity contribution in [3.05, 3.63) is 84.9 Å². The molecule has 0 heterocycles. The molecule has 4 aromatic rings. The van der Waals surface area contributed by atoms with Gasteiger partial charge in [-0.15, -0.1) is 0 Å². The Hall–Kier alpha value is -3.66. The molecule has 0 fully saturated rings. The molecule has 0 saturated carbocycles. The molecule has 0 aliphatic heterocycles. The van der Waals surface area contributed by atoms with Crippen molar-refractivity contribution < 1.29 is 19.1 Å². The topological polar surface area (TPSA) is 52.6 Å². The fourth-order valence-electron chi connectivity index (χ4n) is 2.85. The summed E-state index contributed by atoms with van der Waals surface area (Å²) in [4.78, 5) is 24.4. The average molecular weight is 342 g/mol. The Kier molecular flexibility index (Phi) is 4.07. The number of hydrogen-bond donors (Lipinski definition) is 0. The minimum absolute atomic E-state index is 0.322. The lowest BCUT2D eigenvalue weighted by molar-refractivity contribution is -0.156. The van der Waals surface area contributed by atoms with Crippen LogP contribution in [0.15, 0.2) is 84.9 Å². The van der Waals surface area contributed by atoms with Crippen LogP contribution in [0.5, 0.6) is 11.5 Å². The number of carbonyl (C=O) groups is 2. The summed E-state index contributed by atoms with van der Waals surface area (Å²) >= 11 is 0. The summed E-state index contributed by atoms with van der Waals surface area (Å²) < 4.78 is 10.5. The average Bonchev–Trinajstić information content (AvgIpc) is 2.68. The van der Waals surface area contributed by atoms with Gasteiger partial charge < -0.3 is 9.47 Å². The molecule has 0 atom stereocenters. The third kappa shape index (κ3) is 3.00. The second kappa shape index (κ2) is 6.69. The first-order valence-corrected chi connectivity index (χ1v) is 8.12. The van der Waals surface area contributed by atoms with Gasteiger partial charge in [-0.2, -0.15) is 0 Å². The molecule has 0 saturated heterocycles. The lowest BCUT2D eigenvalue weighted by Crippen LogP contribution is -2.25. The SMILES string of the molecule is O=C(Oc1cccc2ccccc12)C(=O)Oc1cccc2ccccc12. The van der Waals surface area contributed by atoms with Crippen molar-refractivity contribution in [1.82, 2.24) is 0 Å². The highest BCUT2D eigenvalue weighted by atomic mass is 16.6. The summed E-state index contributed by atoms with van der Waals surface area (Å²) in [7, 11) is 0. The van der Waals surface area contributed by atoms with Gasteiger partial charge in [-0.1, -0.05) is 72.8 Å². The van der Waals surface area contributed by atoms with E-state index in [1.54, 1.807) is 24.3 Å². The van der Waals surface area contributed by atoms with Crippen LogP contribution >= 0.6 is 0 Å². The third-order valence-corrected chi connectivity index (χ3v) is 4.07. The van der Waals surface area contributed by atoms with Crippen LogP contribution in [-0.2, 0) is 9.59 Å². The summed E-state index contributed by atoms with van der Waals surface area (Å²) in [5, 5.41) is 3.34. The molecule has 0 spiro atoms. The number of fused-ring (bicyclic) bond motifs is 2. The first-order valence-electron chi connectivity index (χ1n) is 8.12. The summed E-state index contributed by atoms with van der Waals surface area (Å²) in [6.45, 7) is 0. The quantitative estimate of drug-likeness (QED) is 0.306. The maximum Gasteiger partial charge on any atom is 0.423 e. The molecule has 0 aliphatic rings. The minimum Gasteiger partial charge on any atom is -0.417 e. The van der Waals surface area contributed by atoms with Gasteiger partial charge in [0.15, 0.2) is 0 Å². The van der Waals surface area contributed by atoms with Crippen LogP contribution in [0.4, 0.5) is 0 Å². The summed E-state index contributed by atoms with van der Waals surface area (Å²) in [6, 6.07) is 25.6. The van der Waals surface area contributed by atoms with E-state index in [0.29, 0.717) is 11.5 Å². The van der Waals surface area contributed by atoms with E-state index in [9.17, 15) is 9.59 Å². The lowest BCUT2D eigenvalue weighted by Gasteiger charge is -2.09. The molecule has 26 heavy (non-hydrogen) atoms. The second-order valence-electron chi connectivity index (χ2n) is 5.73. The second-order valence-corrected chi connectivity index (χ2v) is 5.73. The standard InChI is InChI=1S/C22H14O4/c23-21(25-19-13-5-9-15-7-1-3-11-17(15)19)22(24)26-20-14-6-10-16-8-2-4-12-18(16)20/h1-14H. The van der Waals surface area contributed by atoms with Crippen LogP contribution in [0.25, 0.3) is 21.5 Å². The molecule has 0 radical (unpaired) electrons. The molecule has 0 unspecified atom stereocenters. The van der Waals surface area contributed by atoms with E-state index in [1.807, 2.05) is 60.7 Å². The van der Waals surface area contributed by atoms with E-state index < -0.39 is 11.9 Å². The van der Waals surface area contributed by atoms with E-state index in [0.717, 1.165) is 21.5 Å². The van der Waals surface area contributed by atoms with Gasteiger partial charge in [0.1, 0.15) is 11.5 Å². The summed E-state index contributed by atoms with van der Waals surface area (Å²) in [6.07, 6.45) is 0. The molecule has 4 aromatic carbocycles. The van der Waals surface area contributed by atoms with Gasteiger partial charge in [0.25, 0.3) is 0 Å².